The van der Waals surface area contributed by atoms with Crippen LogP contribution >= 0.6 is 0 Å². The molecule has 1 N–H and O–H groups in total. The van der Waals surface area contributed by atoms with Crippen molar-refractivity contribution in [3.63, 3.8) is 0 Å². The van der Waals surface area contributed by atoms with E-state index in [0.717, 1.165) is 50.6 Å². The minimum Gasteiger partial charge on any atom is -0.444 e. The summed E-state index contributed by atoms with van der Waals surface area (Å²) in [5.41, 5.74) is 2.26. The highest BCUT2D eigenvalue weighted by atomic mass is 19.4. The molecule has 3 aromatic rings. The fourth-order valence-corrected chi connectivity index (χ4v) is 11.0. The zero-order chi connectivity index (χ0) is 63.9. The maximum Gasteiger partial charge on any atom is 0.446 e. The third-order valence-electron chi connectivity index (χ3n) is 15.1. The Kier molecular flexibility index (Phi) is 26.4. The van der Waals surface area contributed by atoms with E-state index in [2.05, 4.69) is 73.4 Å². The molecule has 466 valence electrons. The van der Waals surface area contributed by atoms with Gasteiger partial charge in [-0.05, 0) is 137 Å². The van der Waals surface area contributed by atoms with E-state index in [9.17, 15) is 47.7 Å². The number of nitrogens with zero attached hydrogens (tertiary/aromatic N) is 8. The van der Waals surface area contributed by atoms with Gasteiger partial charge in [0, 0.05) is 25.7 Å². The number of rotatable bonds is 8. The minimum atomic E-state index is -4.64. The van der Waals surface area contributed by atoms with Gasteiger partial charge in [0.1, 0.15) is 41.4 Å². The smallest absolute Gasteiger partial charge is 0.444 e. The monoisotopic (exact) mass is 1200 g/mol. The van der Waals surface area contributed by atoms with Crippen molar-refractivity contribution >= 4 is 48.3 Å². The van der Waals surface area contributed by atoms with Crippen molar-refractivity contribution in [2.45, 2.75) is 197 Å². The van der Waals surface area contributed by atoms with Crippen molar-refractivity contribution in [3.8, 4) is 18.2 Å². The number of halogens is 3. The molecule has 0 spiro atoms. The number of alkyl halides is 3. The number of aryl methyl sites for hydroxylation is 1. The predicted octanol–water partition coefficient (Wildman–Crippen LogP) is 11.5. The Labute approximate surface area is 511 Å². The molecule has 9 atom stereocenters. The maximum atomic E-state index is 13.2. The number of aldehydes is 1. The fourth-order valence-electron chi connectivity index (χ4n) is 11.0. The number of hydrogen-bond donors (Lipinski definition) is 1. The summed E-state index contributed by atoms with van der Waals surface area (Å²) in [4.78, 5) is 80.9. The van der Waals surface area contributed by atoms with Crippen molar-refractivity contribution < 1.29 is 51.4 Å². The summed E-state index contributed by atoms with van der Waals surface area (Å²) in [5, 5.41) is 31.1. The Morgan fingerprint density at radius 3 is 1.30 bits per heavy atom. The predicted molar refractivity (Wildman–Crippen MR) is 325 cm³/mol. The molecule has 0 aromatic heterocycles. The Bertz CT molecular complexity index is 2950. The molecule has 0 aliphatic carbocycles. The Morgan fingerprint density at radius 2 is 0.931 bits per heavy atom. The minimum absolute atomic E-state index is 0.0969. The van der Waals surface area contributed by atoms with Crippen LogP contribution in [0.5, 0.6) is 0 Å². The van der Waals surface area contributed by atoms with Gasteiger partial charge in [0.05, 0.1) is 36.3 Å². The van der Waals surface area contributed by atoms with E-state index in [1.54, 1.807) is 46.4 Å². The second kappa shape index (κ2) is 33.0. The van der Waals surface area contributed by atoms with Crippen molar-refractivity contribution in [1.82, 2.24) is 29.8 Å². The normalized spacial score (nSPS) is 24.1. The van der Waals surface area contributed by atoms with Gasteiger partial charge in [-0.1, -0.05) is 127 Å². The number of amides is 5. The molecule has 6 aliphatic rings. The quantitative estimate of drug-likeness (QED) is 0.164. The highest BCUT2D eigenvalue weighted by Gasteiger charge is 2.47. The van der Waals surface area contributed by atoms with Gasteiger partial charge < -0.3 is 24.2 Å². The summed E-state index contributed by atoms with van der Waals surface area (Å²) in [6.45, 7) is 18.6. The van der Waals surface area contributed by atoms with E-state index in [4.69, 9.17) is 19.5 Å². The molecule has 3 aromatic carbocycles. The molecule has 6 heterocycles. The van der Waals surface area contributed by atoms with Gasteiger partial charge in [-0.3, -0.25) is 34.3 Å². The van der Waals surface area contributed by atoms with Crippen LogP contribution in [0, 0.1) is 40.9 Å². The summed E-state index contributed by atoms with van der Waals surface area (Å²) in [5.74, 6) is -0.195. The number of likely N-dealkylation sites (tertiary alicyclic amines) is 5. The standard InChI is InChI=1S/C23H29N3O3.C18H21N3O.C17H25N3O3.C7H8.C2HF3O/c1-23(2,3)29-22(28)26-18(12-11-17-8-5-4-6-9-17)13-14-20(26)21(27)25-15-7-10-19(25)16-24;19-13-16-7-4-12-21(16)18(22)17-11-10-15(20-17)9-8-14-5-2-1-3-6-14;1-5-12-8-9-14(20(12)16(22)23-17(2,3)4)15(21)19-10-6-7-13(19)11-18;1-7-5-3-2-4-6-7;3-2(4,5)1-6/h4-6,8-9,11-12,18-20H,7,10,13-15H2,1-3H3;1-3,5-6,8-9,15-17,20H,4,7,10-12H2;5,12-14H,1,6-10H2,2-4H3;2-6H,1H3;1H/b12-11+;9-8+;;;/t18?,19?,20-;15?,16?,17-;12?,13?,14-;;/m000../s1. The number of nitrogens with one attached hydrogen (secondary N) is 1. The molecule has 0 radical (unpaired) electrons. The molecule has 0 saturated carbocycles. The first-order chi connectivity index (χ1) is 41.3. The third kappa shape index (κ3) is 21.6. The summed E-state index contributed by atoms with van der Waals surface area (Å²) in [6.07, 6.45) is 12.3. The van der Waals surface area contributed by atoms with Crippen molar-refractivity contribution in [2.24, 2.45) is 0 Å². The number of carbonyl (C=O) groups is 6. The molecular weight excluding hydrogens is 1120 g/mol. The van der Waals surface area contributed by atoms with Gasteiger partial charge in [0.25, 0.3) is 0 Å². The number of nitriles is 3. The molecule has 5 amide bonds. The Hall–Kier alpha value is -8.28. The number of benzene rings is 3. The van der Waals surface area contributed by atoms with Crippen LogP contribution in [0.4, 0.5) is 22.8 Å². The van der Waals surface area contributed by atoms with E-state index in [1.807, 2.05) is 99.7 Å². The first kappa shape index (κ1) is 69.5. The maximum absolute atomic E-state index is 13.2. The second-order valence-electron chi connectivity index (χ2n) is 24.0. The molecule has 9 rings (SSSR count). The first-order valence-corrected chi connectivity index (χ1v) is 29.8. The summed E-state index contributed by atoms with van der Waals surface area (Å²) < 4.78 is 42.3. The van der Waals surface area contributed by atoms with Gasteiger partial charge in [-0.25, -0.2) is 9.59 Å². The van der Waals surface area contributed by atoms with Crippen molar-refractivity contribution in [3.05, 3.63) is 132 Å². The SMILES string of the molecule is C=CC1CC[C@@H](C(=O)N2CCCC2C#N)N1C(=O)OC(C)(C)C.CC(C)(C)OC(=O)N1C(/C=C/c2ccccc2)CC[C@H]1C(=O)N1CCCC1C#N.Cc1ccccc1.N#CC1CCCN1C(=O)[C@@H]1CCC(/C=C/c2ccccc2)N1.O=CC(F)(F)F. The average molecular weight is 1200 g/mol. The highest BCUT2D eigenvalue weighted by molar-refractivity contribution is 5.88. The van der Waals surface area contributed by atoms with Crippen LogP contribution in [0.15, 0.2) is 116 Å². The van der Waals surface area contributed by atoms with Crippen LogP contribution < -0.4 is 5.32 Å². The lowest BCUT2D eigenvalue weighted by molar-refractivity contribution is -0.156. The van der Waals surface area contributed by atoms with Gasteiger partial charge in [0.2, 0.25) is 24.0 Å². The lowest BCUT2D eigenvalue weighted by atomic mass is 10.1. The topological polar surface area (TPSA) is 220 Å². The van der Waals surface area contributed by atoms with Crippen LogP contribution in [-0.2, 0) is 28.7 Å². The molecule has 6 fully saturated rings. The van der Waals surface area contributed by atoms with E-state index in [-0.39, 0.29) is 54.0 Å². The van der Waals surface area contributed by atoms with Crippen molar-refractivity contribution in [1.29, 1.82) is 15.8 Å². The summed E-state index contributed by atoms with van der Waals surface area (Å²) >= 11 is 0. The van der Waals surface area contributed by atoms with Crippen LogP contribution in [0.25, 0.3) is 12.2 Å². The number of hydrogen-bond acceptors (Lipinski definition) is 12. The number of ether oxygens (including phenoxy) is 2. The Balaban J connectivity index is 0.000000217. The second-order valence-corrected chi connectivity index (χ2v) is 24.0. The molecular formula is C67H84F3N9O8. The van der Waals surface area contributed by atoms with Gasteiger partial charge in [-0.2, -0.15) is 29.0 Å². The zero-order valence-electron chi connectivity index (χ0n) is 51.1. The van der Waals surface area contributed by atoms with Crippen LogP contribution in [0.1, 0.15) is 135 Å². The van der Waals surface area contributed by atoms with Crippen molar-refractivity contribution in [2.75, 3.05) is 19.6 Å². The highest BCUT2D eigenvalue weighted by Crippen LogP contribution is 2.33. The number of carbonyl (C=O) groups excluding carboxylic acids is 6. The van der Waals surface area contributed by atoms with Crippen LogP contribution in [0.2, 0.25) is 0 Å². The summed E-state index contributed by atoms with van der Waals surface area (Å²) in [6, 6.07) is 34.4. The average Bonchev–Trinajstić information content (AvgIpc) is 3.06. The summed E-state index contributed by atoms with van der Waals surface area (Å²) in [7, 11) is 0. The van der Waals surface area contributed by atoms with Gasteiger partial charge in [-0.15, -0.1) is 6.58 Å². The van der Waals surface area contributed by atoms with E-state index in [1.165, 1.54) is 16.0 Å². The molecule has 20 heteroatoms. The fraction of sp³-hybridized carbons (Fsp3) is 0.507. The van der Waals surface area contributed by atoms with E-state index < -0.39 is 54.0 Å². The first-order valence-electron chi connectivity index (χ1n) is 29.8. The Morgan fingerprint density at radius 1 is 0.552 bits per heavy atom. The molecule has 0 bridgehead atoms. The lowest BCUT2D eigenvalue weighted by Gasteiger charge is -2.33. The van der Waals surface area contributed by atoms with E-state index in [0.29, 0.717) is 51.6 Å². The largest absolute Gasteiger partial charge is 0.446 e. The third-order valence-corrected chi connectivity index (χ3v) is 15.1. The van der Waals surface area contributed by atoms with Crippen LogP contribution in [0.3, 0.4) is 0 Å². The molecule has 87 heavy (non-hydrogen) atoms. The van der Waals surface area contributed by atoms with E-state index >= 15 is 0 Å². The molecule has 6 unspecified atom stereocenters. The molecule has 17 nitrogen and oxygen atoms in total. The molecule has 6 saturated heterocycles. The zero-order valence-corrected chi connectivity index (χ0v) is 51.1. The molecule has 6 aliphatic heterocycles. The van der Waals surface area contributed by atoms with Gasteiger partial charge >= 0.3 is 18.4 Å². The van der Waals surface area contributed by atoms with Crippen LogP contribution in [-0.4, -0.2) is 152 Å². The van der Waals surface area contributed by atoms with Gasteiger partial charge in [0.15, 0.2) is 0 Å². The lowest BCUT2D eigenvalue weighted by Crippen LogP contribution is -2.52.